The van der Waals surface area contributed by atoms with Crippen LogP contribution in [0.25, 0.3) is 0 Å². The van der Waals surface area contributed by atoms with Crippen molar-refractivity contribution in [2.45, 2.75) is 17.9 Å². The Morgan fingerprint density at radius 2 is 1.75 bits per heavy atom. The number of fused-ring (bicyclic) bond motifs is 1. The van der Waals surface area contributed by atoms with Crippen LogP contribution in [0, 0.1) is 0 Å². The third-order valence-corrected chi connectivity index (χ3v) is 6.38. The molecule has 3 rings (SSSR count). The molecule has 0 saturated heterocycles. The van der Waals surface area contributed by atoms with Crippen molar-refractivity contribution in [1.82, 2.24) is 4.72 Å². The first-order chi connectivity index (χ1) is 11.3. The minimum absolute atomic E-state index is 0.0414. The fourth-order valence-electron chi connectivity index (χ4n) is 2.33. The molecular weight excluding hydrogens is 441 g/mol. The fraction of sp³-hybridized carbons (Fsp3) is 0.200. The molecule has 5 nitrogen and oxygen atoms in total. The van der Waals surface area contributed by atoms with E-state index in [0.29, 0.717) is 16.0 Å². The summed E-state index contributed by atoms with van der Waals surface area (Å²) in [5.41, 5.74) is 0.729. The summed E-state index contributed by atoms with van der Waals surface area (Å²) in [6.07, 6.45) is 0. The summed E-state index contributed by atoms with van der Waals surface area (Å²) in [5.74, 6) is 1.21. The van der Waals surface area contributed by atoms with Crippen LogP contribution in [0.3, 0.4) is 0 Å². The molecule has 2 aromatic carbocycles. The average molecular weight is 453 g/mol. The van der Waals surface area contributed by atoms with Gasteiger partial charge in [-0.1, -0.05) is 45.2 Å². The van der Waals surface area contributed by atoms with E-state index >= 15 is 0 Å². The van der Waals surface area contributed by atoms with E-state index < -0.39 is 16.1 Å². The van der Waals surface area contributed by atoms with Crippen molar-refractivity contribution < 1.29 is 17.9 Å². The molecule has 0 aliphatic carbocycles. The second-order valence-electron chi connectivity index (χ2n) is 5.15. The second kappa shape index (κ2) is 6.72. The molecule has 0 spiro atoms. The smallest absolute Gasteiger partial charge is 0.244 e. The molecule has 0 radical (unpaired) electrons. The SMILES string of the molecule is CC(NS(=O)(=O)c1c(Cl)cc(Br)cc1Cl)c1ccc2c(c1)OCO2. The van der Waals surface area contributed by atoms with E-state index in [1.807, 2.05) is 0 Å². The number of hydrogen-bond donors (Lipinski definition) is 1. The Labute approximate surface area is 158 Å². The summed E-state index contributed by atoms with van der Waals surface area (Å²) in [6.45, 7) is 1.87. The minimum Gasteiger partial charge on any atom is -0.454 e. The van der Waals surface area contributed by atoms with Crippen molar-refractivity contribution in [3.8, 4) is 11.5 Å². The largest absolute Gasteiger partial charge is 0.454 e. The quantitative estimate of drug-likeness (QED) is 0.740. The second-order valence-corrected chi connectivity index (χ2v) is 8.54. The predicted octanol–water partition coefficient (Wildman–Crippen LogP) is 4.52. The van der Waals surface area contributed by atoms with Crippen molar-refractivity contribution in [2.75, 3.05) is 6.79 Å². The van der Waals surface area contributed by atoms with Gasteiger partial charge in [-0.25, -0.2) is 13.1 Å². The summed E-state index contributed by atoms with van der Waals surface area (Å²) < 4.78 is 39.0. The van der Waals surface area contributed by atoms with E-state index in [-0.39, 0.29) is 21.7 Å². The van der Waals surface area contributed by atoms with Crippen molar-refractivity contribution >= 4 is 49.2 Å². The normalized spacial score (nSPS) is 14.7. The highest BCUT2D eigenvalue weighted by atomic mass is 79.9. The molecule has 1 atom stereocenters. The van der Waals surface area contributed by atoms with Crippen LogP contribution in [0.15, 0.2) is 39.7 Å². The third-order valence-electron chi connectivity index (χ3n) is 3.46. The molecule has 24 heavy (non-hydrogen) atoms. The zero-order chi connectivity index (χ0) is 17.5. The Kier molecular flexibility index (Phi) is 4.99. The Morgan fingerprint density at radius 1 is 1.12 bits per heavy atom. The monoisotopic (exact) mass is 451 g/mol. The molecule has 1 aliphatic rings. The van der Waals surface area contributed by atoms with Gasteiger partial charge in [0.1, 0.15) is 4.90 Å². The maximum absolute atomic E-state index is 12.7. The highest BCUT2D eigenvalue weighted by molar-refractivity contribution is 9.10. The predicted molar refractivity (Wildman–Crippen MR) is 95.5 cm³/mol. The third kappa shape index (κ3) is 3.50. The summed E-state index contributed by atoms with van der Waals surface area (Å²) in [6, 6.07) is 7.69. The first-order valence-corrected chi connectivity index (χ1v) is 9.87. The van der Waals surface area contributed by atoms with Gasteiger partial charge in [-0.2, -0.15) is 0 Å². The Bertz CT molecular complexity index is 881. The van der Waals surface area contributed by atoms with Crippen molar-refractivity contribution in [3.63, 3.8) is 0 Å². The van der Waals surface area contributed by atoms with E-state index in [0.717, 1.165) is 5.56 Å². The lowest BCUT2D eigenvalue weighted by molar-refractivity contribution is 0.174. The maximum atomic E-state index is 12.7. The topological polar surface area (TPSA) is 64.6 Å². The van der Waals surface area contributed by atoms with E-state index in [1.165, 1.54) is 12.1 Å². The van der Waals surface area contributed by atoms with Gasteiger partial charge in [0.15, 0.2) is 11.5 Å². The standard InChI is InChI=1S/C15H12BrCl2NO4S/c1-8(9-2-3-13-14(4-9)23-7-22-13)19-24(20,21)15-11(17)5-10(16)6-12(15)18/h2-6,8,19H,7H2,1H3. The van der Waals surface area contributed by atoms with E-state index in [9.17, 15) is 8.42 Å². The molecule has 1 unspecified atom stereocenters. The molecule has 0 bridgehead atoms. The first-order valence-electron chi connectivity index (χ1n) is 6.84. The van der Waals surface area contributed by atoms with Gasteiger partial charge in [0.2, 0.25) is 16.8 Å². The van der Waals surface area contributed by atoms with Crippen LogP contribution >= 0.6 is 39.1 Å². The van der Waals surface area contributed by atoms with Crippen LogP contribution in [0.4, 0.5) is 0 Å². The minimum atomic E-state index is -3.91. The number of halogens is 3. The van der Waals surface area contributed by atoms with Crippen LogP contribution in [0.2, 0.25) is 10.0 Å². The van der Waals surface area contributed by atoms with Gasteiger partial charge in [-0.05, 0) is 36.8 Å². The van der Waals surface area contributed by atoms with Gasteiger partial charge in [0.25, 0.3) is 0 Å². The highest BCUT2D eigenvalue weighted by Gasteiger charge is 2.25. The van der Waals surface area contributed by atoms with Gasteiger partial charge in [-0.15, -0.1) is 0 Å². The lowest BCUT2D eigenvalue weighted by Crippen LogP contribution is -2.27. The van der Waals surface area contributed by atoms with E-state index in [2.05, 4.69) is 20.7 Å². The summed E-state index contributed by atoms with van der Waals surface area (Å²) >= 11 is 15.3. The van der Waals surface area contributed by atoms with Crippen molar-refractivity contribution in [2.24, 2.45) is 0 Å². The molecule has 128 valence electrons. The number of nitrogens with one attached hydrogen (secondary N) is 1. The van der Waals surface area contributed by atoms with Crippen LogP contribution in [0.1, 0.15) is 18.5 Å². The van der Waals surface area contributed by atoms with Gasteiger partial charge >= 0.3 is 0 Å². The Morgan fingerprint density at radius 3 is 2.42 bits per heavy atom. The number of hydrogen-bond acceptors (Lipinski definition) is 4. The molecule has 0 amide bonds. The summed E-state index contributed by atoms with van der Waals surface area (Å²) in [4.78, 5) is -0.151. The highest BCUT2D eigenvalue weighted by Crippen LogP contribution is 2.36. The van der Waals surface area contributed by atoms with Crippen LogP contribution in [-0.2, 0) is 10.0 Å². The summed E-state index contributed by atoms with van der Waals surface area (Å²) in [5, 5.41) is 0.0829. The lowest BCUT2D eigenvalue weighted by Gasteiger charge is -2.16. The number of benzene rings is 2. The van der Waals surface area contributed by atoms with Crippen LogP contribution in [0.5, 0.6) is 11.5 Å². The Balaban J connectivity index is 1.89. The molecule has 0 aromatic heterocycles. The molecule has 0 fully saturated rings. The maximum Gasteiger partial charge on any atom is 0.244 e. The molecule has 2 aromatic rings. The number of sulfonamides is 1. The number of ether oxygens (including phenoxy) is 2. The zero-order valence-corrected chi connectivity index (χ0v) is 16.3. The molecule has 0 saturated carbocycles. The van der Waals surface area contributed by atoms with Gasteiger partial charge in [0.05, 0.1) is 10.0 Å². The van der Waals surface area contributed by atoms with Gasteiger partial charge in [-0.3, -0.25) is 0 Å². The molecular formula is C15H12BrCl2NO4S. The van der Waals surface area contributed by atoms with E-state index in [1.54, 1.807) is 25.1 Å². The summed E-state index contributed by atoms with van der Waals surface area (Å²) in [7, 11) is -3.91. The lowest BCUT2D eigenvalue weighted by atomic mass is 10.1. The zero-order valence-electron chi connectivity index (χ0n) is 12.3. The van der Waals surface area contributed by atoms with Crippen molar-refractivity contribution in [3.05, 3.63) is 50.4 Å². The van der Waals surface area contributed by atoms with Crippen LogP contribution in [-0.4, -0.2) is 15.2 Å². The van der Waals surface area contributed by atoms with Crippen LogP contribution < -0.4 is 14.2 Å². The molecule has 9 heteroatoms. The molecule has 1 aliphatic heterocycles. The van der Waals surface area contributed by atoms with Gasteiger partial charge in [0, 0.05) is 10.5 Å². The first kappa shape index (κ1) is 17.8. The fourth-order valence-corrected chi connectivity index (χ4v) is 5.50. The molecule has 1 N–H and O–H groups in total. The average Bonchev–Trinajstić information content (AvgIpc) is 2.92. The Hall–Kier alpha value is -0.990. The van der Waals surface area contributed by atoms with E-state index in [4.69, 9.17) is 32.7 Å². The van der Waals surface area contributed by atoms with Gasteiger partial charge < -0.3 is 9.47 Å². The molecule has 1 heterocycles. The van der Waals surface area contributed by atoms with Crippen molar-refractivity contribution in [1.29, 1.82) is 0 Å². The number of rotatable bonds is 4.